The standard InChI is InChI=1S/C20H14Cl3NO3S/c21-14-9-13-7-8-28(25,26)24-20(13)17(10-14)12-1-3-15(4-2-12)27-16-5-6-18(22)19(23)11-16/h1-6,9-11,24H,7-8H2. The molecule has 0 aliphatic carbocycles. The molecule has 1 aliphatic heterocycles. The first-order valence-corrected chi connectivity index (χ1v) is 11.2. The van der Waals surface area contributed by atoms with Gasteiger partial charge in [0.25, 0.3) is 0 Å². The summed E-state index contributed by atoms with van der Waals surface area (Å²) in [7, 11) is -3.34. The smallest absolute Gasteiger partial charge is 0.233 e. The first kappa shape index (κ1) is 19.4. The van der Waals surface area contributed by atoms with Crippen molar-refractivity contribution in [2.75, 3.05) is 10.5 Å². The zero-order valence-corrected chi connectivity index (χ0v) is 17.5. The number of anilines is 1. The van der Waals surface area contributed by atoms with Crippen LogP contribution in [0, 0.1) is 0 Å². The van der Waals surface area contributed by atoms with Crippen LogP contribution in [0.2, 0.25) is 15.1 Å². The Labute approximate surface area is 178 Å². The average Bonchev–Trinajstić information content (AvgIpc) is 2.65. The molecule has 28 heavy (non-hydrogen) atoms. The molecule has 1 aliphatic rings. The zero-order valence-electron chi connectivity index (χ0n) is 14.4. The van der Waals surface area contributed by atoms with Crippen LogP contribution < -0.4 is 9.46 Å². The van der Waals surface area contributed by atoms with Gasteiger partial charge in [-0.1, -0.05) is 46.9 Å². The number of hydrogen-bond donors (Lipinski definition) is 1. The third-order valence-electron chi connectivity index (χ3n) is 4.37. The van der Waals surface area contributed by atoms with E-state index in [2.05, 4.69) is 4.72 Å². The third-order valence-corrected chi connectivity index (χ3v) is 6.59. The van der Waals surface area contributed by atoms with Gasteiger partial charge in [-0.25, -0.2) is 8.42 Å². The number of sulfonamides is 1. The SMILES string of the molecule is O=S1(=O)CCc2cc(Cl)cc(-c3ccc(Oc4ccc(Cl)c(Cl)c4)cc3)c2N1. The molecule has 0 amide bonds. The Bertz CT molecular complexity index is 1160. The lowest BCUT2D eigenvalue weighted by Gasteiger charge is -2.22. The molecule has 0 fully saturated rings. The second kappa shape index (κ2) is 7.48. The summed E-state index contributed by atoms with van der Waals surface area (Å²) in [5, 5.41) is 1.43. The zero-order chi connectivity index (χ0) is 19.9. The number of aryl methyl sites for hydroxylation is 1. The van der Waals surface area contributed by atoms with Gasteiger partial charge in [0.05, 0.1) is 21.5 Å². The van der Waals surface area contributed by atoms with E-state index in [1.807, 2.05) is 12.1 Å². The first-order valence-electron chi connectivity index (χ1n) is 8.37. The molecule has 0 unspecified atom stereocenters. The lowest BCUT2D eigenvalue weighted by Crippen LogP contribution is -2.24. The van der Waals surface area contributed by atoms with Crippen molar-refractivity contribution in [1.29, 1.82) is 0 Å². The summed E-state index contributed by atoms with van der Waals surface area (Å²) >= 11 is 18.2. The summed E-state index contributed by atoms with van der Waals surface area (Å²) in [5.41, 5.74) is 3.01. The van der Waals surface area contributed by atoms with Gasteiger partial charge < -0.3 is 4.74 Å². The Morgan fingerprint density at radius 1 is 0.857 bits per heavy atom. The monoisotopic (exact) mass is 453 g/mol. The molecule has 4 rings (SSSR count). The highest BCUT2D eigenvalue weighted by Gasteiger charge is 2.23. The van der Waals surface area contributed by atoms with Crippen molar-refractivity contribution in [3.63, 3.8) is 0 Å². The third kappa shape index (κ3) is 4.08. The number of rotatable bonds is 3. The van der Waals surface area contributed by atoms with E-state index < -0.39 is 10.0 Å². The molecule has 1 heterocycles. The summed E-state index contributed by atoms with van der Waals surface area (Å²) in [5.74, 6) is 1.23. The van der Waals surface area contributed by atoms with Crippen molar-refractivity contribution >= 4 is 50.5 Å². The van der Waals surface area contributed by atoms with Gasteiger partial charge in [0.15, 0.2) is 0 Å². The lowest BCUT2D eigenvalue weighted by molar-refractivity contribution is 0.483. The summed E-state index contributed by atoms with van der Waals surface area (Å²) in [6.45, 7) is 0. The summed E-state index contributed by atoms with van der Waals surface area (Å²) in [6.07, 6.45) is 0.427. The van der Waals surface area contributed by atoms with Gasteiger partial charge in [0.2, 0.25) is 10.0 Å². The van der Waals surface area contributed by atoms with Crippen LogP contribution in [0.25, 0.3) is 11.1 Å². The summed E-state index contributed by atoms with van der Waals surface area (Å²) < 4.78 is 32.5. The maximum atomic E-state index is 12.0. The van der Waals surface area contributed by atoms with E-state index in [1.165, 1.54) is 0 Å². The molecule has 0 radical (unpaired) electrons. The highest BCUT2D eigenvalue weighted by atomic mass is 35.5. The normalized spacial score (nSPS) is 14.8. The molecular formula is C20H14Cl3NO3S. The number of halogens is 3. The van der Waals surface area contributed by atoms with Gasteiger partial charge in [0.1, 0.15) is 11.5 Å². The predicted molar refractivity (Wildman–Crippen MR) is 115 cm³/mol. The van der Waals surface area contributed by atoms with Crippen molar-refractivity contribution in [2.24, 2.45) is 0 Å². The average molecular weight is 455 g/mol. The summed E-state index contributed by atoms with van der Waals surface area (Å²) in [4.78, 5) is 0. The van der Waals surface area contributed by atoms with E-state index in [1.54, 1.807) is 42.5 Å². The first-order chi connectivity index (χ1) is 13.3. The second-order valence-electron chi connectivity index (χ2n) is 6.36. The topological polar surface area (TPSA) is 55.4 Å². The number of hydrogen-bond acceptors (Lipinski definition) is 3. The van der Waals surface area contributed by atoms with E-state index >= 15 is 0 Å². The molecule has 0 spiro atoms. The van der Waals surface area contributed by atoms with Crippen LogP contribution in [-0.2, 0) is 16.4 Å². The Morgan fingerprint density at radius 3 is 2.29 bits per heavy atom. The number of fused-ring (bicyclic) bond motifs is 1. The molecule has 0 atom stereocenters. The van der Waals surface area contributed by atoms with Crippen molar-refractivity contribution in [3.05, 3.63) is 75.2 Å². The molecule has 8 heteroatoms. The van der Waals surface area contributed by atoms with Crippen molar-refractivity contribution in [2.45, 2.75) is 6.42 Å². The molecule has 4 nitrogen and oxygen atoms in total. The Morgan fingerprint density at radius 2 is 1.57 bits per heavy atom. The summed E-state index contributed by atoms with van der Waals surface area (Å²) in [6, 6.07) is 15.9. The van der Waals surface area contributed by atoms with Crippen LogP contribution in [0.5, 0.6) is 11.5 Å². The molecule has 144 valence electrons. The molecule has 0 bridgehead atoms. The fraction of sp³-hybridized carbons (Fsp3) is 0.100. The number of nitrogens with one attached hydrogen (secondary N) is 1. The minimum absolute atomic E-state index is 0.0518. The van der Waals surface area contributed by atoms with Gasteiger partial charge in [-0.3, -0.25) is 4.72 Å². The van der Waals surface area contributed by atoms with Crippen molar-refractivity contribution in [1.82, 2.24) is 0 Å². The van der Waals surface area contributed by atoms with Gasteiger partial charge in [-0.15, -0.1) is 0 Å². The van der Waals surface area contributed by atoms with Crippen LogP contribution in [0.4, 0.5) is 5.69 Å². The second-order valence-corrected chi connectivity index (χ2v) is 9.45. The van der Waals surface area contributed by atoms with E-state index in [-0.39, 0.29) is 5.75 Å². The maximum absolute atomic E-state index is 12.0. The minimum atomic E-state index is -3.34. The van der Waals surface area contributed by atoms with Crippen LogP contribution in [0.3, 0.4) is 0 Å². The van der Waals surface area contributed by atoms with E-state index in [0.717, 1.165) is 16.7 Å². The quantitative estimate of drug-likeness (QED) is 0.498. The molecular weight excluding hydrogens is 441 g/mol. The van der Waals surface area contributed by atoms with Gasteiger partial charge >= 0.3 is 0 Å². The molecule has 3 aromatic rings. The molecule has 0 saturated carbocycles. The van der Waals surface area contributed by atoms with Crippen molar-refractivity contribution < 1.29 is 13.2 Å². The van der Waals surface area contributed by atoms with Crippen LogP contribution in [-0.4, -0.2) is 14.2 Å². The van der Waals surface area contributed by atoms with E-state index in [4.69, 9.17) is 39.5 Å². The van der Waals surface area contributed by atoms with Crippen LogP contribution >= 0.6 is 34.8 Å². The van der Waals surface area contributed by atoms with Crippen LogP contribution in [0.1, 0.15) is 5.56 Å². The van der Waals surface area contributed by atoms with E-state index in [0.29, 0.717) is 38.7 Å². The fourth-order valence-corrected chi connectivity index (χ4v) is 4.71. The Hall–Kier alpha value is -1.92. The van der Waals surface area contributed by atoms with Gasteiger partial charge in [0, 0.05) is 16.7 Å². The number of ether oxygens (including phenoxy) is 1. The van der Waals surface area contributed by atoms with Gasteiger partial charge in [-0.2, -0.15) is 0 Å². The largest absolute Gasteiger partial charge is 0.457 e. The molecule has 0 saturated heterocycles. The van der Waals surface area contributed by atoms with Crippen LogP contribution in [0.15, 0.2) is 54.6 Å². The highest BCUT2D eigenvalue weighted by Crippen LogP contribution is 2.38. The Balaban J connectivity index is 1.66. The van der Waals surface area contributed by atoms with Gasteiger partial charge in [-0.05, 0) is 53.9 Å². The molecule has 3 aromatic carbocycles. The number of benzene rings is 3. The van der Waals surface area contributed by atoms with Crippen molar-refractivity contribution in [3.8, 4) is 22.6 Å². The Kier molecular flexibility index (Phi) is 5.19. The predicted octanol–water partition coefficient (Wildman–Crippen LogP) is 6.40. The fourth-order valence-electron chi connectivity index (χ4n) is 3.04. The maximum Gasteiger partial charge on any atom is 0.233 e. The molecule has 0 aromatic heterocycles. The highest BCUT2D eigenvalue weighted by molar-refractivity contribution is 7.92. The molecule has 1 N–H and O–H groups in total. The van der Waals surface area contributed by atoms with E-state index in [9.17, 15) is 8.42 Å². The lowest BCUT2D eigenvalue weighted by atomic mass is 9.99. The minimum Gasteiger partial charge on any atom is -0.457 e.